The number of fused-ring (bicyclic) bond motifs is 1. The number of aryl methyl sites for hydroxylation is 1. The number of para-hydroxylation sites is 1. The van der Waals surface area contributed by atoms with Gasteiger partial charge in [-0.1, -0.05) is 25.1 Å². The second kappa shape index (κ2) is 5.31. The Hall–Kier alpha value is -1.39. The minimum Gasteiger partial charge on any atom is -0.389 e. The molecule has 0 saturated carbocycles. The van der Waals surface area contributed by atoms with Gasteiger partial charge in [0.15, 0.2) is 0 Å². The number of rotatable bonds is 5. The lowest BCUT2D eigenvalue weighted by Crippen LogP contribution is -2.38. The smallest absolute Gasteiger partial charge is 0.0843 e. The molecule has 0 atom stereocenters. The summed E-state index contributed by atoms with van der Waals surface area (Å²) in [7, 11) is 1.97. The fourth-order valence-electron chi connectivity index (χ4n) is 2.44. The van der Waals surface area contributed by atoms with Gasteiger partial charge in [-0.25, -0.2) is 0 Å². The Balaban J connectivity index is 2.25. The molecule has 0 fully saturated rings. The van der Waals surface area contributed by atoms with E-state index in [4.69, 9.17) is 0 Å². The average molecular weight is 261 g/mol. The molecule has 19 heavy (non-hydrogen) atoms. The largest absolute Gasteiger partial charge is 0.389 e. The lowest BCUT2D eigenvalue weighted by Gasteiger charge is -2.27. The predicted octanol–water partition coefficient (Wildman–Crippen LogP) is 2.17. The van der Waals surface area contributed by atoms with Crippen molar-refractivity contribution in [2.45, 2.75) is 32.9 Å². The minimum absolute atomic E-state index is 0.647. The van der Waals surface area contributed by atoms with E-state index in [2.05, 4.69) is 29.1 Å². The molecule has 0 spiro atoms. The molecule has 0 saturated heterocycles. The standard InChI is InChI=1S/C15H23N3O/c1-5-18(11-15(2,3)19)10-13-12-8-6-7-9-14(12)17(4)16-13/h6-9,19H,5,10-11H2,1-4H3. The molecule has 0 aliphatic heterocycles. The van der Waals surface area contributed by atoms with E-state index >= 15 is 0 Å². The summed E-state index contributed by atoms with van der Waals surface area (Å²) in [4.78, 5) is 2.22. The fourth-order valence-corrected chi connectivity index (χ4v) is 2.44. The van der Waals surface area contributed by atoms with Gasteiger partial charge in [-0.05, 0) is 26.5 Å². The van der Waals surface area contributed by atoms with Crippen molar-refractivity contribution in [2.24, 2.45) is 7.05 Å². The zero-order valence-electron chi connectivity index (χ0n) is 12.2. The first kappa shape index (κ1) is 14.0. The quantitative estimate of drug-likeness (QED) is 0.897. The molecule has 0 radical (unpaired) electrons. The van der Waals surface area contributed by atoms with Gasteiger partial charge in [0, 0.05) is 25.5 Å². The van der Waals surface area contributed by atoms with E-state index in [0.29, 0.717) is 6.54 Å². The number of aliphatic hydroxyl groups is 1. The maximum Gasteiger partial charge on any atom is 0.0843 e. The topological polar surface area (TPSA) is 41.3 Å². The van der Waals surface area contributed by atoms with Crippen molar-refractivity contribution in [1.82, 2.24) is 14.7 Å². The van der Waals surface area contributed by atoms with Crippen molar-refractivity contribution in [2.75, 3.05) is 13.1 Å². The number of hydrogen-bond acceptors (Lipinski definition) is 3. The van der Waals surface area contributed by atoms with Crippen LogP contribution in [0.5, 0.6) is 0 Å². The van der Waals surface area contributed by atoms with Crippen molar-refractivity contribution in [3.05, 3.63) is 30.0 Å². The van der Waals surface area contributed by atoms with Gasteiger partial charge in [0.05, 0.1) is 16.8 Å². The fraction of sp³-hybridized carbons (Fsp3) is 0.533. The van der Waals surface area contributed by atoms with Crippen molar-refractivity contribution in [1.29, 1.82) is 0 Å². The van der Waals surface area contributed by atoms with E-state index in [1.54, 1.807) is 0 Å². The Bertz CT molecular complexity index is 554. The number of likely N-dealkylation sites (N-methyl/N-ethyl adjacent to an activating group) is 1. The summed E-state index contributed by atoms with van der Waals surface area (Å²) >= 11 is 0. The summed E-state index contributed by atoms with van der Waals surface area (Å²) < 4.78 is 1.92. The van der Waals surface area contributed by atoms with Crippen LogP contribution in [0.2, 0.25) is 0 Å². The molecule has 0 amide bonds. The third-order valence-corrected chi connectivity index (χ3v) is 3.27. The molecule has 0 aliphatic rings. The molecule has 1 aromatic carbocycles. The third-order valence-electron chi connectivity index (χ3n) is 3.27. The van der Waals surface area contributed by atoms with Gasteiger partial charge in [0.1, 0.15) is 0 Å². The van der Waals surface area contributed by atoms with Crippen LogP contribution < -0.4 is 0 Å². The molecule has 0 bridgehead atoms. The molecule has 4 heteroatoms. The van der Waals surface area contributed by atoms with E-state index in [0.717, 1.165) is 24.3 Å². The van der Waals surface area contributed by atoms with Gasteiger partial charge >= 0.3 is 0 Å². The van der Waals surface area contributed by atoms with E-state index in [-0.39, 0.29) is 0 Å². The maximum absolute atomic E-state index is 9.95. The lowest BCUT2D eigenvalue weighted by atomic mass is 10.1. The molecule has 0 aliphatic carbocycles. The maximum atomic E-state index is 9.95. The Morgan fingerprint density at radius 3 is 2.63 bits per heavy atom. The Morgan fingerprint density at radius 1 is 1.32 bits per heavy atom. The zero-order chi connectivity index (χ0) is 14.0. The highest BCUT2D eigenvalue weighted by atomic mass is 16.3. The molecule has 2 aromatic rings. The van der Waals surface area contributed by atoms with Crippen LogP contribution in [-0.2, 0) is 13.6 Å². The van der Waals surface area contributed by atoms with Gasteiger partial charge in [-0.15, -0.1) is 0 Å². The summed E-state index contributed by atoms with van der Waals surface area (Å²) in [6.45, 7) is 8.10. The summed E-state index contributed by atoms with van der Waals surface area (Å²) in [5.74, 6) is 0. The summed E-state index contributed by atoms with van der Waals surface area (Å²) in [6.07, 6.45) is 0. The molecule has 104 valence electrons. The van der Waals surface area contributed by atoms with Crippen LogP contribution in [-0.4, -0.2) is 38.5 Å². The summed E-state index contributed by atoms with van der Waals surface area (Å²) in [6, 6.07) is 8.26. The van der Waals surface area contributed by atoms with Gasteiger partial charge in [-0.2, -0.15) is 5.10 Å². The molecular weight excluding hydrogens is 238 g/mol. The second-order valence-corrected chi connectivity index (χ2v) is 5.70. The molecule has 1 aromatic heterocycles. The van der Waals surface area contributed by atoms with Crippen LogP contribution in [0.15, 0.2) is 24.3 Å². The average Bonchev–Trinajstić information content (AvgIpc) is 2.65. The number of hydrogen-bond donors (Lipinski definition) is 1. The first-order valence-electron chi connectivity index (χ1n) is 6.76. The molecule has 2 rings (SSSR count). The predicted molar refractivity (Wildman–Crippen MR) is 78.0 cm³/mol. The van der Waals surface area contributed by atoms with Crippen LogP contribution in [0.3, 0.4) is 0 Å². The van der Waals surface area contributed by atoms with Crippen LogP contribution in [0, 0.1) is 0 Å². The first-order chi connectivity index (χ1) is 8.90. The normalized spacial score (nSPS) is 12.5. The number of nitrogens with zero attached hydrogens (tertiary/aromatic N) is 3. The highest BCUT2D eigenvalue weighted by Gasteiger charge is 2.19. The molecule has 1 heterocycles. The van der Waals surface area contributed by atoms with Crippen molar-refractivity contribution in [3.63, 3.8) is 0 Å². The zero-order valence-corrected chi connectivity index (χ0v) is 12.2. The van der Waals surface area contributed by atoms with Crippen LogP contribution in [0.1, 0.15) is 26.5 Å². The number of benzene rings is 1. The highest BCUT2D eigenvalue weighted by Crippen LogP contribution is 2.19. The molecule has 0 unspecified atom stereocenters. The molecule has 4 nitrogen and oxygen atoms in total. The van der Waals surface area contributed by atoms with Crippen molar-refractivity contribution < 1.29 is 5.11 Å². The van der Waals surface area contributed by atoms with E-state index < -0.39 is 5.60 Å². The highest BCUT2D eigenvalue weighted by molar-refractivity contribution is 5.81. The van der Waals surface area contributed by atoms with Gasteiger partial charge < -0.3 is 5.11 Å². The lowest BCUT2D eigenvalue weighted by molar-refractivity contribution is 0.0350. The first-order valence-corrected chi connectivity index (χ1v) is 6.76. The Morgan fingerprint density at radius 2 is 2.00 bits per heavy atom. The van der Waals surface area contributed by atoms with Crippen LogP contribution in [0.25, 0.3) is 10.9 Å². The second-order valence-electron chi connectivity index (χ2n) is 5.70. The van der Waals surface area contributed by atoms with Gasteiger partial charge in [0.2, 0.25) is 0 Å². The monoisotopic (exact) mass is 261 g/mol. The Kier molecular flexibility index (Phi) is 3.92. The van der Waals surface area contributed by atoms with E-state index in [9.17, 15) is 5.11 Å². The van der Waals surface area contributed by atoms with Gasteiger partial charge in [-0.3, -0.25) is 9.58 Å². The van der Waals surface area contributed by atoms with Gasteiger partial charge in [0.25, 0.3) is 0 Å². The summed E-state index contributed by atoms with van der Waals surface area (Å²) in [5, 5.41) is 15.7. The van der Waals surface area contributed by atoms with E-state index in [1.807, 2.05) is 37.7 Å². The van der Waals surface area contributed by atoms with Crippen LogP contribution >= 0.6 is 0 Å². The number of aromatic nitrogens is 2. The summed E-state index contributed by atoms with van der Waals surface area (Å²) in [5.41, 5.74) is 1.54. The third kappa shape index (κ3) is 3.33. The van der Waals surface area contributed by atoms with Crippen molar-refractivity contribution in [3.8, 4) is 0 Å². The van der Waals surface area contributed by atoms with E-state index in [1.165, 1.54) is 5.39 Å². The van der Waals surface area contributed by atoms with Crippen molar-refractivity contribution >= 4 is 10.9 Å². The minimum atomic E-state index is -0.680. The van der Waals surface area contributed by atoms with Crippen LogP contribution in [0.4, 0.5) is 0 Å². The molecule has 1 N–H and O–H groups in total. The molecular formula is C15H23N3O. The Labute approximate surface area is 114 Å². The SMILES string of the molecule is CCN(Cc1nn(C)c2ccccc12)CC(C)(C)O.